The SMILES string of the molecule is CCc1ccc(-c2noc(C3=C(C)N(CCOC)C(=O)NC3c3ccc(SC)cc3)n2)cc1. The van der Waals surface area contributed by atoms with Crippen molar-refractivity contribution in [2.24, 2.45) is 0 Å². The predicted octanol–water partition coefficient (Wildman–Crippen LogP) is 5.16. The number of methoxy groups -OCH3 is 1. The molecular formula is C25H28N4O3S. The average Bonchev–Trinajstić information content (AvgIpc) is 3.33. The molecule has 0 radical (unpaired) electrons. The van der Waals surface area contributed by atoms with Gasteiger partial charge in [-0.2, -0.15) is 4.98 Å². The summed E-state index contributed by atoms with van der Waals surface area (Å²) in [5, 5.41) is 7.34. The van der Waals surface area contributed by atoms with Crippen molar-refractivity contribution in [2.75, 3.05) is 26.5 Å². The highest BCUT2D eigenvalue weighted by Gasteiger charge is 2.35. The molecule has 1 unspecified atom stereocenters. The van der Waals surface area contributed by atoms with Crippen molar-refractivity contribution in [1.29, 1.82) is 0 Å². The molecule has 0 spiro atoms. The number of aryl methyl sites for hydroxylation is 1. The van der Waals surface area contributed by atoms with Crippen molar-refractivity contribution < 1.29 is 14.1 Å². The summed E-state index contributed by atoms with van der Waals surface area (Å²) >= 11 is 1.67. The minimum atomic E-state index is -0.400. The first-order valence-electron chi connectivity index (χ1n) is 10.9. The third kappa shape index (κ3) is 4.82. The second kappa shape index (κ2) is 10.2. The van der Waals surface area contributed by atoms with Crippen molar-refractivity contribution in [2.45, 2.75) is 31.2 Å². The third-order valence-electron chi connectivity index (χ3n) is 5.84. The molecule has 1 aliphatic heterocycles. The van der Waals surface area contributed by atoms with Crippen LogP contribution >= 0.6 is 11.8 Å². The number of amides is 2. The van der Waals surface area contributed by atoms with Gasteiger partial charge in [-0.1, -0.05) is 48.5 Å². The number of thioether (sulfide) groups is 1. The topological polar surface area (TPSA) is 80.5 Å². The van der Waals surface area contributed by atoms with Crippen LogP contribution in [-0.2, 0) is 11.2 Å². The maximum atomic E-state index is 12.9. The van der Waals surface area contributed by atoms with Crippen LogP contribution in [0, 0.1) is 0 Å². The number of urea groups is 1. The Morgan fingerprint density at radius 3 is 2.52 bits per heavy atom. The number of carbonyl (C=O) groups excluding carboxylic acids is 1. The summed E-state index contributed by atoms with van der Waals surface area (Å²) in [5.41, 5.74) is 4.64. The van der Waals surface area contributed by atoms with E-state index < -0.39 is 6.04 Å². The molecule has 33 heavy (non-hydrogen) atoms. The Morgan fingerprint density at radius 2 is 1.88 bits per heavy atom. The fraction of sp³-hybridized carbons (Fsp3) is 0.320. The number of rotatable bonds is 8. The minimum absolute atomic E-state index is 0.179. The molecule has 0 fully saturated rings. The Bertz CT molecular complexity index is 1140. The van der Waals surface area contributed by atoms with Crippen LogP contribution in [0.25, 0.3) is 17.0 Å². The van der Waals surface area contributed by atoms with Crippen LogP contribution in [0.2, 0.25) is 0 Å². The van der Waals surface area contributed by atoms with E-state index in [9.17, 15) is 4.79 Å². The van der Waals surface area contributed by atoms with E-state index in [4.69, 9.17) is 14.2 Å². The third-order valence-corrected chi connectivity index (χ3v) is 6.58. The summed E-state index contributed by atoms with van der Waals surface area (Å²) in [4.78, 5) is 20.5. The first-order valence-corrected chi connectivity index (χ1v) is 12.1. The summed E-state index contributed by atoms with van der Waals surface area (Å²) in [6, 6.07) is 15.7. The van der Waals surface area contributed by atoms with Crippen LogP contribution in [0.1, 0.15) is 36.9 Å². The van der Waals surface area contributed by atoms with E-state index >= 15 is 0 Å². The highest BCUT2D eigenvalue weighted by molar-refractivity contribution is 7.98. The van der Waals surface area contributed by atoms with Crippen molar-refractivity contribution >= 4 is 23.4 Å². The van der Waals surface area contributed by atoms with Gasteiger partial charge in [0.2, 0.25) is 5.82 Å². The lowest BCUT2D eigenvalue weighted by Gasteiger charge is -2.35. The lowest BCUT2D eigenvalue weighted by Crippen LogP contribution is -2.47. The largest absolute Gasteiger partial charge is 0.383 e. The molecule has 3 aromatic rings. The average molecular weight is 465 g/mol. The molecule has 0 bridgehead atoms. The molecule has 7 nitrogen and oxygen atoms in total. The molecule has 0 aliphatic carbocycles. The summed E-state index contributed by atoms with van der Waals surface area (Å²) in [5.74, 6) is 0.910. The van der Waals surface area contributed by atoms with E-state index in [1.54, 1.807) is 23.8 Å². The summed E-state index contributed by atoms with van der Waals surface area (Å²) in [6.07, 6.45) is 3.01. The van der Waals surface area contributed by atoms with Crippen LogP contribution in [0.3, 0.4) is 0 Å². The number of hydrogen-bond donors (Lipinski definition) is 1. The van der Waals surface area contributed by atoms with E-state index in [1.807, 2.05) is 49.6 Å². The zero-order valence-corrected chi connectivity index (χ0v) is 20.1. The molecular weight excluding hydrogens is 436 g/mol. The van der Waals surface area contributed by atoms with E-state index in [0.717, 1.165) is 33.7 Å². The summed E-state index contributed by atoms with van der Waals surface area (Å²) in [7, 11) is 1.62. The van der Waals surface area contributed by atoms with E-state index in [-0.39, 0.29) is 6.03 Å². The van der Waals surface area contributed by atoms with Crippen LogP contribution in [-0.4, -0.2) is 47.6 Å². The van der Waals surface area contributed by atoms with Crippen molar-refractivity contribution in [1.82, 2.24) is 20.4 Å². The van der Waals surface area contributed by atoms with E-state index in [2.05, 4.69) is 29.5 Å². The van der Waals surface area contributed by atoms with Gasteiger partial charge in [0.15, 0.2) is 0 Å². The minimum Gasteiger partial charge on any atom is -0.383 e. The molecule has 1 N–H and O–H groups in total. The molecule has 8 heteroatoms. The molecule has 1 atom stereocenters. The molecule has 0 saturated heterocycles. The summed E-state index contributed by atoms with van der Waals surface area (Å²) in [6.45, 7) is 4.88. The molecule has 2 amide bonds. The lowest BCUT2D eigenvalue weighted by atomic mass is 9.94. The van der Waals surface area contributed by atoms with Gasteiger partial charge in [-0.25, -0.2) is 4.79 Å². The molecule has 172 valence electrons. The first-order chi connectivity index (χ1) is 16.0. The zero-order chi connectivity index (χ0) is 23.4. The highest BCUT2D eigenvalue weighted by atomic mass is 32.2. The van der Waals surface area contributed by atoms with Gasteiger partial charge < -0.3 is 14.6 Å². The zero-order valence-electron chi connectivity index (χ0n) is 19.3. The van der Waals surface area contributed by atoms with Gasteiger partial charge >= 0.3 is 6.03 Å². The Morgan fingerprint density at radius 1 is 1.15 bits per heavy atom. The van der Waals surface area contributed by atoms with Crippen LogP contribution < -0.4 is 5.32 Å². The number of allylic oxidation sites excluding steroid dienone is 1. The Hall–Kier alpha value is -3.10. The second-order valence-electron chi connectivity index (χ2n) is 7.77. The quantitative estimate of drug-likeness (QED) is 0.464. The van der Waals surface area contributed by atoms with E-state index in [1.165, 1.54) is 5.56 Å². The fourth-order valence-corrected chi connectivity index (χ4v) is 4.30. The van der Waals surface area contributed by atoms with Crippen LogP contribution in [0.15, 0.2) is 63.6 Å². The van der Waals surface area contributed by atoms with Crippen molar-refractivity contribution in [3.8, 4) is 11.4 Å². The van der Waals surface area contributed by atoms with E-state index in [0.29, 0.717) is 24.9 Å². The molecule has 0 saturated carbocycles. The Kier molecular flexibility index (Phi) is 7.15. The standard InChI is InChI=1S/C25H28N4O3S/c1-5-17-6-8-19(9-7-17)23-27-24(32-28-23)21-16(2)29(14-15-31-3)25(30)26-22(21)18-10-12-20(33-4)13-11-18/h6-13,22H,5,14-15H2,1-4H3,(H,26,30). The maximum absolute atomic E-state index is 12.9. The van der Waals surface area contributed by atoms with Gasteiger partial charge in [-0.15, -0.1) is 11.8 Å². The normalized spacial score (nSPS) is 16.3. The van der Waals surface area contributed by atoms with Gasteiger partial charge in [0.05, 0.1) is 24.8 Å². The van der Waals surface area contributed by atoms with Gasteiger partial charge in [0.25, 0.3) is 5.89 Å². The molecule has 4 rings (SSSR count). The molecule has 2 aromatic carbocycles. The highest BCUT2D eigenvalue weighted by Crippen LogP contribution is 2.37. The number of nitrogens with one attached hydrogen (secondary N) is 1. The number of carbonyl (C=O) groups is 1. The fourth-order valence-electron chi connectivity index (χ4n) is 3.90. The number of nitrogens with zero attached hydrogens (tertiary/aromatic N) is 3. The van der Waals surface area contributed by atoms with Crippen molar-refractivity contribution in [3.05, 3.63) is 71.2 Å². The van der Waals surface area contributed by atoms with Crippen LogP contribution in [0.5, 0.6) is 0 Å². The predicted molar refractivity (Wildman–Crippen MR) is 130 cm³/mol. The molecule has 1 aliphatic rings. The smallest absolute Gasteiger partial charge is 0.322 e. The van der Waals surface area contributed by atoms with Crippen molar-refractivity contribution in [3.63, 3.8) is 0 Å². The molecule has 2 heterocycles. The molecule has 1 aromatic heterocycles. The van der Waals surface area contributed by atoms with Gasteiger partial charge in [-0.3, -0.25) is 4.90 Å². The number of ether oxygens (including phenoxy) is 1. The van der Waals surface area contributed by atoms with Crippen LogP contribution in [0.4, 0.5) is 4.79 Å². The lowest BCUT2D eigenvalue weighted by molar-refractivity contribution is 0.158. The number of hydrogen-bond acceptors (Lipinski definition) is 6. The van der Waals surface area contributed by atoms with Gasteiger partial charge in [0.1, 0.15) is 0 Å². The number of benzene rings is 2. The van der Waals surface area contributed by atoms with Gasteiger partial charge in [0, 0.05) is 23.3 Å². The second-order valence-corrected chi connectivity index (χ2v) is 8.65. The monoisotopic (exact) mass is 464 g/mol. The Balaban J connectivity index is 1.76. The first kappa shape index (κ1) is 23.1. The number of aromatic nitrogens is 2. The maximum Gasteiger partial charge on any atom is 0.322 e. The summed E-state index contributed by atoms with van der Waals surface area (Å²) < 4.78 is 10.9. The Labute approximate surface area is 198 Å². The van der Waals surface area contributed by atoms with Gasteiger partial charge in [-0.05, 0) is 42.9 Å².